The number of aromatic amines is 1. The zero-order valence-electron chi connectivity index (χ0n) is 18.0. The van der Waals surface area contributed by atoms with E-state index in [4.69, 9.17) is 16.3 Å². The van der Waals surface area contributed by atoms with Crippen molar-refractivity contribution in [3.8, 4) is 5.69 Å². The smallest absolute Gasteiger partial charge is 0.255 e. The van der Waals surface area contributed by atoms with Gasteiger partial charge in [0.25, 0.3) is 11.5 Å². The normalized spacial score (nSPS) is 17.6. The fourth-order valence-electron chi connectivity index (χ4n) is 4.02. The molecule has 1 aliphatic heterocycles. The van der Waals surface area contributed by atoms with E-state index in [-0.39, 0.29) is 30.6 Å². The first-order valence-electron chi connectivity index (χ1n) is 10.7. The number of carbonyl (C=O) groups excluding carboxylic acids is 2. The van der Waals surface area contributed by atoms with Crippen LogP contribution in [0.3, 0.4) is 0 Å². The first kappa shape index (κ1) is 21.9. The van der Waals surface area contributed by atoms with Gasteiger partial charge in [0, 0.05) is 46.3 Å². The number of H-pyrrole nitrogens is 1. The summed E-state index contributed by atoms with van der Waals surface area (Å²) < 4.78 is 7.01. The number of fused-ring (bicyclic) bond motifs is 1. The van der Waals surface area contributed by atoms with Crippen molar-refractivity contribution in [1.82, 2.24) is 14.9 Å². The summed E-state index contributed by atoms with van der Waals surface area (Å²) in [7, 11) is 0. The molecule has 0 unspecified atom stereocenters. The van der Waals surface area contributed by atoms with Crippen molar-refractivity contribution in [3.63, 3.8) is 0 Å². The maximum absolute atomic E-state index is 12.9. The number of aromatic nitrogens is 2. The first-order chi connectivity index (χ1) is 16.5. The third kappa shape index (κ3) is 4.33. The third-order valence-corrected chi connectivity index (χ3v) is 6.18. The molecule has 2 amide bonds. The summed E-state index contributed by atoms with van der Waals surface area (Å²) in [6.45, 7) is 0.454. The Morgan fingerprint density at radius 2 is 1.88 bits per heavy atom. The van der Waals surface area contributed by atoms with Crippen LogP contribution >= 0.6 is 11.6 Å². The highest BCUT2D eigenvalue weighted by Gasteiger charge is 2.35. The molecular weight excluding hydrogens is 456 g/mol. The highest BCUT2D eigenvalue weighted by Crippen LogP contribution is 2.24. The third-order valence-electron chi connectivity index (χ3n) is 5.86. The van der Waals surface area contributed by atoms with Crippen molar-refractivity contribution in [2.45, 2.75) is 6.04 Å². The van der Waals surface area contributed by atoms with Crippen LogP contribution in [0.25, 0.3) is 16.6 Å². The Hall–Kier alpha value is -3.88. The fourth-order valence-corrected chi connectivity index (χ4v) is 4.24. The maximum atomic E-state index is 12.9. The number of hydrogen-bond acceptors (Lipinski definition) is 4. The van der Waals surface area contributed by atoms with Crippen molar-refractivity contribution in [1.29, 1.82) is 0 Å². The molecule has 8 nitrogen and oxygen atoms in total. The lowest BCUT2D eigenvalue weighted by atomic mass is 10.0. The number of halogens is 1. The Morgan fingerprint density at radius 3 is 2.68 bits per heavy atom. The second-order valence-electron chi connectivity index (χ2n) is 8.07. The lowest BCUT2D eigenvalue weighted by molar-refractivity contribution is -0.120. The quantitative estimate of drug-likeness (QED) is 0.410. The van der Waals surface area contributed by atoms with E-state index in [2.05, 4.69) is 15.6 Å². The minimum absolute atomic E-state index is 0.139. The number of benzene rings is 2. The predicted octanol–water partition coefficient (Wildman–Crippen LogP) is 3.36. The average Bonchev–Trinajstić information content (AvgIpc) is 3.46. The Kier molecular flexibility index (Phi) is 5.91. The Morgan fingerprint density at radius 1 is 1.06 bits per heavy atom. The molecular formula is C25H21ClN4O4. The van der Waals surface area contributed by atoms with Crippen molar-refractivity contribution in [2.75, 3.05) is 18.5 Å². The van der Waals surface area contributed by atoms with Crippen LogP contribution in [-0.4, -0.2) is 40.6 Å². The SMILES string of the molecule is O=C(N[C@H]1COC[C@H]1C(=O)Nc1ccc(-n2ccccc2=O)cc1)c1ccc2c(Cl)c[nH]c2c1. The largest absolute Gasteiger partial charge is 0.378 e. The molecule has 1 fully saturated rings. The summed E-state index contributed by atoms with van der Waals surface area (Å²) in [6, 6.07) is 16.6. The molecule has 172 valence electrons. The standard InChI is InChI=1S/C25H21ClN4O4/c26-20-12-27-21-11-15(4-9-18(20)21)24(32)29-22-14-34-13-19(22)25(33)28-16-5-7-17(8-6-16)30-10-2-1-3-23(30)31/h1-12,19,22,27H,13-14H2,(H,28,33)(H,29,32)/t19-,22+/m1/s1. The second kappa shape index (κ2) is 9.17. The van der Waals surface area contributed by atoms with E-state index in [1.807, 2.05) is 0 Å². The summed E-state index contributed by atoms with van der Waals surface area (Å²) in [4.78, 5) is 40.7. The number of nitrogens with zero attached hydrogens (tertiary/aromatic N) is 1. The van der Waals surface area contributed by atoms with Crippen LogP contribution in [0, 0.1) is 5.92 Å². The number of nitrogens with one attached hydrogen (secondary N) is 3. The van der Waals surface area contributed by atoms with Gasteiger partial charge in [0.05, 0.1) is 30.2 Å². The highest BCUT2D eigenvalue weighted by atomic mass is 35.5. The number of amides is 2. The number of rotatable bonds is 5. The molecule has 0 bridgehead atoms. The molecule has 1 aliphatic rings. The van der Waals surface area contributed by atoms with Gasteiger partial charge in [-0.05, 0) is 42.5 Å². The average molecular weight is 477 g/mol. The van der Waals surface area contributed by atoms with Gasteiger partial charge in [0.2, 0.25) is 5.91 Å². The molecule has 3 N–H and O–H groups in total. The van der Waals surface area contributed by atoms with Gasteiger partial charge < -0.3 is 20.4 Å². The van der Waals surface area contributed by atoms with Crippen LogP contribution in [0.1, 0.15) is 10.4 Å². The Balaban J connectivity index is 1.25. The molecule has 0 saturated carbocycles. The van der Waals surface area contributed by atoms with E-state index in [1.165, 1.54) is 10.6 Å². The Bertz CT molecular complexity index is 1430. The van der Waals surface area contributed by atoms with Gasteiger partial charge >= 0.3 is 0 Å². The highest BCUT2D eigenvalue weighted by molar-refractivity contribution is 6.35. The van der Waals surface area contributed by atoms with Crippen molar-refractivity contribution < 1.29 is 14.3 Å². The van der Waals surface area contributed by atoms with Gasteiger partial charge in [-0.1, -0.05) is 23.7 Å². The minimum Gasteiger partial charge on any atom is -0.378 e. The van der Waals surface area contributed by atoms with Crippen LogP contribution in [0.5, 0.6) is 0 Å². The van der Waals surface area contributed by atoms with Gasteiger partial charge in [-0.15, -0.1) is 0 Å². The molecule has 2 aromatic carbocycles. The van der Waals surface area contributed by atoms with E-state index in [0.717, 1.165) is 10.9 Å². The molecule has 34 heavy (non-hydrogen) atoms. The second-order valence-corrected chi connectivity index (χ2v) is 8.47. The molecule has 9 heteroatoms. The van der Waals surface area contributed by atoms with Crippen LogP contribution < -0.4 is 16.2 Å². The monoisotopic (exact) mass is 476 g/mol. The number of carbonyl (C=O) groups is 2. The number of hydrogen-bond donors (Lipinski definition) is 3. The van der Waals surface area contributed by atoms with Crippen LogP contribution in [0.2, 0.25) is 5.02 Å². The van der Waals surface area contributed by atoms with Crippen LogP contribution in [0.15, 0.2) is 77.9 Å². The summed E-state index contributed by atoms with van der Waals surface area (Å²) in [5, 5.41) is 7.21. The van der Waals surface area contributed by atoms with Gasteiger partial charge in [0.15, 0.2) is 0 Å². The van der Waals surface area contributed by atoms with Gasteiger partial charge in [-0.3, -0.25) is 19.0 Å². The van der Waals surface area contributed by atoms with Crippen molar-refractivity contribution >= 4 is 40.0 Å². The molecule has 1 saturated heterocycles. The van der Waals surface area contributed by atoms with Crippen LogP contribution in [-0.2, 0) is 9.53 Å². The number of pyridine rings is 1. The summed E-state index contributed by atoms with van der Waals surface area (Å²) in [5.41, 5.74) is 2.36. The molecule has 0 radical (unpaired) electrons. The first-order valence-corrected chi connectivity index (χ1v) is 11.1. The van der Waals surface area contributed by atoms with E-state index in [1.54, 1.807) is 67.0 Å². The lowest BCUT2D eigenvalue weighted by Gasteiger charge is -2.19. The van der Waals surface area contributed by atoms with Gasteiger partial charge in [-0.2, -0.15) is 0 Å². The van der Waals surface area contributed by atoms with Crippen molar-refractivity contribution in [2.24, 2.45) is 5.92 Å². The van der Waals surface area contributed by atoms with E-state index < -0.39 is 12.0 Å². The molecule has 4 aromatic rings. The molecule has 2 aromatic heterocycles. The minimum atomic E-state index is -0.538. The predicted molar refractivity (Wildman–Crippen MR) is 130 cm³/mol. The zero-order chi connectivity index (χ0) is 23.7. The molecule has 3 heterocycles. The van der Waals surface area contributed by atoms with E-state index in [0.29, 0.717) is 22.0 Å². The zero-order valence-corrected chi connectivity index (χ0v) is 18.7. The topological polar surface area (TPSA) is 105 Å². The van der Waals surface area contributed by atoms with Gasteiger partial charge in [0.1, 0.15) is 0 Å². The molecule has 0 aliphatic carbocycles. The number of ether oxygens (including phenoxy) is 1. The van der Waals surface area contributed by atoms with Gasteiger partial charge in [-0.25, -0.2) is 0 Å². The lowest BCUT2D eigenvalue weighted by Crippen LogP contribution is -2.44. The summed E-state index contributed by atoms with van der Waals surface area (Å²) in [5.74, 6) is -1.08. The molecule has 0 spiro atoms. The fraction of sp³-hybridized carbons (Fsp3) is 0.160. The van der Waals surface area contributed by atoms with E-state index in [9.17, 15) is 14.4 Å². The summed E-state index contributed by atoms with van der Waals surface area (Å²) in [6.07, 6.45) is 3.35. The maximum Gasteiger partial charge on any atom is 0.255 e. The van der Waals surface area contributed by atoms with Crippen molar-refractivity contribution in [3.05, 3.63) is 94.0 Å². The molecule has 5 rings (SSSR count). The van der Waals surface area contributed by atoms with E-state index >= 15 is 0 Å². The Labute approximate surface area is 199 Å². The van der Waals surface area contributed by atoms with Crippen LogP contribution in [0.4, 0.5) is 5.69 Å². The summed E-state index contributed by atoms with van der Waals surface area (Å²) >= 11 is 6.10. The number of anilines is 1. The molecule has 2 atom stereocenters.